The highest BCUT2D eigenvalue weighted by Crippen LogP contribution is 2.20. The molecule has 6 heteroatoms. The van der Waals surface area contributed by atoms with Gasteiger partial charge in [-0.2, -0.15) is 0 Å². The van der Waals surface area contributed by atoms with E-state index in [-0.39, 0.29) is 5.91 Å². The van der Waals surface area contributed by atoms with Gasteiger partial charge in [-0.05, 0) is 25.0 Å². The van der Waals surface area contributed by atoms with Crippen LogP contribution in [0.4, 0.5) is 0 Å². The Morgan fingerprint density at radius 2 is 2.04 bits per heavy atom. The summed E-state index contributed by atoms with van der Waals surface area (Å²) in [5, 5.41) is 10.2. The number of amides is 1. The number of piperidine rings is 1. The third-order valence-corrected chi connectivity index (χ3v) is 5.01. The summed E-state index contributed by atoms with van der Waals surface area (Å²) in [5.41, 5.74) is 0. The van der Waals surface area contributed by atoms with Crippen molar-refractivity contribution in [3.05, 3.63) is 24.2 Å². The molecule has 0 bridgehead atoms. The van der Waals surface area contributed by atoms with Crippen molar-refractivity contribution in [1.29, 1.82) is 0 Å². The first-order valence-electron chi connectivity index (χ1n) is 8.54. The van der Waals surface area contributed by atoms with Crippen molar-refractivity contribution in [3.8, 4) is 0 Å². The first-order valence-corrected chi connectivity index (χ1v) is 8.54. The standard InChI is InChI=1S/C17H27N3O3/c1-14(21)19-8-9-20(12-16(22)11-19)15-4-6-18(7-5-15)13-17-3-2-10-23-17/h2-3,10,15-16,22H,4-9,11-13H2,1H3/t16-/m0/s1. The fraction of sp³-hybridized carbons (Fsp3) is 0.706. The van der Waals surface area contributed by atoms with Gasteiger partial charge in [-0.15, -0.1) is 0 Å². The van der Waals surface area contributed by atoms with E-state index in [0.717, 1.165) is 51.3 Å². The molecule has 1 aromatic heterocycles. The Bertz CT molecular complexity index is 497. The largest absolute Gasteiger partial charge is 0.468 e. The van der Waals surface area contributed by atoms with E-state index in [1.807, 2.05) is 12.1 Å². The van der Waals surface area contributed by atoms with Gasteiger partial charge in [0.15, 0.2) is 0 Å². The van der Waals surface area contributed by atoms with E-state index in [0.29, 0.717) is 19.1 Å². The summed E-state index contributed by atoms with van der Waals surface area (Å²) in [4.78, 5) is 18.1. The van der Waals surface area contributed by atoms with Crippen LogP contribution < -0.4 is 0 Å². The van der Waals surface area contributed by atoms with Crippen LogP contribution in [-0.2, 0) is 11.3 Å². The van der Waals surface area contributed by atoms with E-state index in [2.05, 4.69) is 9.80 Å². The van der Waals surface area contributed by atoms with Crippen molar-refractivity contribution < 1.29 is 14.3 Å². The van der Waals surface area contributed by atoms with Gasteiger partial charge >= 0.3 is 0 Å². The molecular formula is C17H27N3O3. The minimum absolute atomic E-state index is 0.0548. The van der Waals surface area contributed by atoms with E-state index in [1.54, 1.807) is 18.1 Å². The smallest absolute Gasteiger partial charge is 0.219 e. The van der Waals surface area contributed by atoms with Crippen molar-refractivity contribution in [3.63, 3.8) is 0 Å². The van der Waals surface area contributed by atoms with E-state index < -0.39 is 6.10 Å². The van der Waals surface area contributed by atoms with Crippen LogP contribution in [0.1, 0.15) is 25.5 Å². The number of hydrogen-bond donors (Lipinski definition) is 1. The molecule has 1 N–H and O–H groups in total. The van der Waals surface area contributed by atoms with Gasteiger partial charge in [-0.25, -0.2) is 0 Å². The van der Waals surface area contributed by atoms with Crippen molar-refractivity contribution >= 4 is 5.91 Å². The number of carbonyl (C=O) groups excluding carboxylic acids is 1. The molecule has 2 aliphatic rings. The highest BCUT2D eigenvalue weighted by Gasteiger charge is 2.29. The first-order chi connectivity index (χ1) is 11.1. The Balaban J connectivity index is 1.50. The fourth-order valence-corrected chi connectivity index (χ4v) is 3.70. The van der Waals surface area contributed by atoms with E-state index >= 15 is 0 Å². The highest BCUT2D eigenvalue weighted by atomic mass is 16.3. The van der Waals surface area contributed by atoms with E-state index in [4.69, 9.17) is 4.42 Å². The van der Waals surface area contributed by atoms with Crippen molar-refractivity contribution in [2.45, 2.75) is 38.5 Å². The first kappa shape index (κ1) is 16.5. The monoisotopic (exact) mass is 321 g/mol. The van der Waals surface area contributed by atoms with E-state index in [1.165, 1.54) is 0 Å². The molecule has 0 unspecified atom stereocenters. The van der Waals surface area contributed by atoms with Crippen LogP contribution in [0.15, 0.2) is 22.8 Å². The van der Waals surface area contributed by atoms with Gasteiger partial charge in [0, 0.05) is 52.2 Å². The summed E-state index contributed by atoms with van der Waals surface area (Å²) < 4.78 is 5.42. The van der Waals surface area contributed by atoms with Crippen LogP contribution in [0.2, 0.25) is 0 Å². The average Bonchev–Trinajstić information content (AvgIpc) is 2.95. The quantitative estimate of drug-likeness (QED) is 0.891. The number of carbonyl (C=O) groups is 1. The molecule has 2 saturated heterocycles. The number of aliphatic hydroxyl groups is 1. The number of aliphatic hydroxyl groups excluding tert-OH is 1. The second kappa shape index (κ2) is 7.47. The van der Waals surface area contributed by atoms with Gasteiger partial charge in [0.25, 0.3) is 0 Å². The maximum Gasteiger partial charge on any atom is 0.219 e. The number of nitrogens with zero attached hydrogens (tertiary/aromatic N) is 3. The van der Waals surface area contributed by atoms with Crippen LogP contribution >= 0.6 is 0 Å². The summed E-state index contributed by atoms with van der Waals surface area (Å²) in [5.74, 6) is 1.07. The third-order valence-electron chi connectivity index (χ3n) is 5.01. The topological polar surface area (TPSA) is 60.2 Å². The number of likely N-dealkylation sites (tertiary alicyclic amines) is 1. The van der Waals surface area contributed by atoms with Crippen molar-refractivity contribution in [2.24, 2.45) is 0 Å². The van der Waals surface area contributed by atoms with Gasteiger partial charge in [0.1, 0.15) is 5.76 Å². The molecule has 0 aromatic carbocycles. The van der Waals surface area contributed by atoms with Gasteiger partial charge in [-0.1, -0.05) is 0 Å². The molecule has 3 heterocycles. The summed E-state index contributed by atoms with van der Waals surface area (Å²) >= 11 is 0. The zero-order valence-electron chi connectivity index (χ0n) is 13.9. The third kappa shape index (κ3) is 4.34. The summed E-state index contributed by atoms with van der Waals surface area (Å²) in [6, 6.07) is 4.46. The number of hydrogen-bond acceptors (Lipinski definition) is 5. The lowest BCUT2D eigenvalue weighted by Crippen LogP contribution is -2.47. The molecule has 0 radical (unpaired) electrons. The lowest BCUT2D eigenvalue weighted by Gasteiger charge is -2.38. The average molecular weight is 321 g/mol. The van der Waals surface area contributed by atoms with Gasteiger partial charge in [-0.3, -0.25) is 14.6 Å². The Morgan fingerprint density at radius 1 is 1.26 bits per heavy atom. The Hall–Kier alpha value is -1.37. The van der Waals surface area contributed by atoms with Crippen molar-refractivity contribution in [1.82, 2.24) is 14.7 Å². The van der Waals surface area contributed by atoms with Crippen LogP contribution in [0.5, 0.6) is 0 Å². The normalized spacial score (nSPS) is 25.5. The predicted octanol–water partition coefficient (Wildman–Crippen LogP) is 0.769. The van der Waals surface area contributed by atoms with Gasteiger partial charge < -0.3 is 14.4 Å². The molecule has 2 fully saturated rings. The molecule has 0 saturated carbocycles. The van der Waals surface area contributed by atoms with Crippen molar-refractivity contribution in [2.75, 3.05) is 39.3 Å². The lowest BCUT2D eigenvalue weighted by molar-refractivity contribution is -0.129. The number of furan rings is 1. The molecule has 0 spiro atoms. The maximum atomic E-state index is 11.6. The molecule has 1 atom stereocenters. The molecule has 6 nitrogen and oxygen atoms in total. The fourth-order valence-electron chi connectivity index (χ4n) is 3.70. The summed E-state index contributed by atoms with van der Waals surface area (Å²) in [7, 11) is 0. The summed E-state index contributed by atoms with van der Waals surface area (Å²) in [6.45, 7) is 7.27. The zero-order valence-corrected chi connectivity index (χ0v) is 13.9. The number of β-amino-alcohol motifs (C(OH)–C–C–N with tert-alkyl or cyclic N) is 1. The molecule has 3 rings (SSSR count). The SMILES string of the molecule is CC(=O)N1CCN(C2CCN(Cc3ccco3)CC2)C[C@@H](O)C1. The van der Waals surface area contributed by atoms with Gasteiger partial charge in [0.05, 0.1) is 18.9 Å². The maximum absolute atomic E-state index is 11.6. The van der Waals surface area contributed by atoms with Crippen LogP contribution in [0, 0.1) is 0 Å². The minimum atomic E-state index is -0.442. The second-order valence-electron chi connectivity index (χ2n) is 6.70. The molecule has 1 amide bonds. The minimum Gasteiger partial charge on any atom is -0.468 e. The Morgan fingerprint density at radius 3 is 2.70 bits per heavy atom. The van der Waals surface area contributed by atoms with E-state index in [9.17, 15) is 9.90 Å². The lowest BCUT2D eigenvalue weighted by atomic mass is 10.0. The van der Waals surface area contributed by atoms with Crippen LogP contribution in [0.3, 0.4) is 0 Å². The zero-order chi connectivity index (χ0) is 16.2. The molecule has 2 aliphatic heterocycles. The summed E-state index contributed by atoms with van der Waals surface area (Å²) in [6.07, 6.45) is 3.49. The number of rotatable bonds is 3. The Kier molecular flexibility index (Phi) is 5.35. The molecule has 23 heavy (non-hydrogen) atoms. The molecule has 128 valence electrons. The van der Waals surface area contributed by atoms with Crippen LogP contribution in [-0.4, -0.2) is 77.1 Å². The van der Waals surface area contributed by atoms with Gasteiger partial charge in [0.2, 0.25) is 5.91 Å². The highest BCUT2D eigenvalue weighted by molar-refractivity contribution is 5.73. The Labute approximate surface area is 137 Å². The second-order valence-corrected chi connectivity index (χ2v) is 6.70. The molecule has 0 aliphatic carbocycles. The predicted molar refractivity (Wildman–Crippen MR) is 86.8 cm³/mol. The van der Waals surface area contributed by atoms with Crippen LogP contribution in [0.25, 0.3) is 0 Å². The molecular weight excluding hydrogens is 294 g/mol. The molecule has 1 aromatic rings.